The van der Waals surface area contributed by atoms with Crippen LogP contribution >= 0.6 is 0 Å². The normalized spacial score (nSPS) is 12.5. The Balaban J connectivity index is 2.07. The fraction of sp³-hybridized carbons (Fsp3) is 0.0667. The fourth-order valence-corrected chi connectivity index (χ4v) is 4.22. The van der Waals surface area contributed by atoms with Gasteiger partial charge in [-0.25, -0.2) is 30.0 Å². The topological polar surface area (TPSA) is 96.1 Å². The van der Waals surface area contributed by atoms with Crippen molar-refractivity contribution in [1.29, 1.82) is 0 Å². The molecule has 3 aromatic rings. The first-order valence-electron chi connectivity index (χ1n) is 6.97. The van der Waals surface area contributed by atoms with Crippen LogP contribution in [0.5, 0.6) is 0 Å². The fourth-order valence-electron chi connectivity index (χ4n) is 2.33. The van der Waals surface area contributed by atoms with Gasteiger partial charge in [0.25, 0.3) is 10.0 Å². The molecule has 0 radical (unpaired) electrons. The summed E-state index contributed by atoms with van der Waals surface area (Å²) < 4.78 is 89.8. The summed E-state index contributed by atoms with van der Waals surface area (Å²) in [5, 5.41) is 0.146. The zero-order chi connectivity index (χ0) is 19.3. The monoisotopic (exact) mass is 404 g/mol. The van der Waals surface area contributed by atoms with E-state index in [1.807, 2.05) is 4.72 Å². The number of halogens is 3. The van der Waals surface area contributed by atoms with Crippen LogP contribution in [0.4, 0.5) is 18.9 Å². The Morgan fingerprint density at radius 2 is 1.58 bits per heavy atom. The second-order valence-corrected chi connectivity index (χ2v) is 9.15. The Bertz CT molecular complexity index is 1240. The van der Waals surface area contributed by atoms with Crippen molar-refractivity contribution in [3.8, 4) is 0 Å². The zero-order valence-electron chi connectivity index (χ0n) is 13.0. The van der Waals surface area contributed by atoms with E-state index >= 15 is 0 Å². The number of benzene rings is 2. The Labute approximate surface area is 146 Å². The predicted molar refractivity (Wildman–Crippen MR) is 88.5 cm³/mol. The number of anilines is 1. The highest BCUT2D eigenvalue weighted by Crippen LogP contribution is 2.28. The number of sulfonamides is 1. The van der Waals surface area contributed by atoms with Crippen molar-refractivity contribution in [2.75, 3.05) is 11.0 Å². The summed E-state index contributed by atoms with van der Waals surface area (Å²) in [5.41, 5.74) is -0.537. The second-order valence-electron chi connectivity index (χ2n) is 5.48. The van der Waals surface area contributed by atoms with E-state index in [-0.39, 0.29) is 26.8 Å². The van der Waals surface area contributed by atoms with Crippen molar-refractivity contribution >= 4 is 36.5 Å². The van der Waals surface area contributed by atoms with E-state index in [4.69, 9.17) is 0 Å². The van der Waals surface area contributed by atoms with Crippen molar-refractivity contribution in [3.63, 3.8) is 0 Å². The molecule has 0 unspecified atom stereocenters. The van der Waals surface area contributed by atoms with Gasteiger partial charge in [-0.15, -0.1) is 0 Å². The summed E-state index contributed by atoms with van der Waals surface area (Å²) in [7, 11) is -7.85. The minimum Gasteiger partial charge on any atom is -0.360 e. The lowest BCUT2D eigenvalue weighted by Crippen LogP contribution is -2.14. The number of aromatic nitrogens is 1. The molecule has 0 amide bonds. The van der Waals surface area contributed by atoms with E-state index in [2.05, 4.69) is 4.98 Å². The number of hydrogen-bond donors (Lipinski definition) is 2. The van der Waals surface area contributed by atoms with Gasteiger partial charge in [-0.1, -0.05) is 6.07 Å². The third kappa shape index (κ3) is 3.27. The van der Waals surface area contributed by atoms with Crippen LogP contribution in [0.2, 0.25) is 0 Å². The quantitative estimate of drug-likeness (QED) is 0.654. The van der Waals surface area contributed by atoms with E-state index in [0.29, 0.717) is 6.07 Å². The summed E-state index contributed by atoms with van der Waals surface area (Å²) in [6, 6.07) is 4.36. The Morgan fingerprint density at radius 3 is 2.23 bits per heavy atom. The molecule has 2 aromatic carbocycles. The Hall–Kier alpha value is -2.53. The number of rotatable bonds is 4. The van der Waals surface area contributed by atoms with E-state index in [1.54, 1.807) is 0 Å². The Morgan fingerprint density at radius 1 is 0.923 bits per heavy atom. The third-order valence-corrected chi connectivity index (χ3v) is 6.10. The maximum Gasteiger partial charge on any atom is 0.264 e. The molecule has 2 N–H and O–H groups in total. The lowest BCUT2D eigenvalue weighted by atomic mass is 10.2. The van der Waals surface area contributed by atoms with Crippen LogP contribution in [0.25, 0.3) is 10.9 Å². The minimum absolute atomic E-state index is 0.0181. The van der Waals surface area contributed by atoms with Gasteiger partial charge in [0, 0.05) is 35.5 Å². The van der Waals surface area contributed by atoms with Gasteiger partial charge in [-0.3, -0.25) is 4.72 Å². The SMILES string of the molecule is CS(=O)(=O)c1ccc2c(S(=O)(=O)Nc3cc(F)c(F)cc3F)c[nH]c2c1. The predicted octanol–water partition coefficient (Wildman–Crippen LogP) is 2.79. The number of aromatic amines is 1. The molecule has 1 heterocycles. The van der Waals surface area contributed by atoms with Gasteiger partial charge in [-0.2, -0.15) is 0 Å². The van der Waals surface area contributed by atoms with Crippen LogP contribution in [-0.2, 0) is 19.9 Å². The van der Waals surface area contributed by atoms with Crippen LogP contribution in [-0.4, -0.2) is 28.1 Å². The van der Waals surface area contributed by atoms with Crippen molar-refractivity contribution in [2.24, 2.45) is 0 Å². The van der Waals surface area contributed by atoms with Crippen LogP contribution in [0, 0.1) is 17.5 Å². The van der Waals surface area contributed by atoms with Crippen molar-refractivity contribution in [1.82, 2.24) is 4.98 Å². The second kappa shape index (κ2) is 6.02. The summed E-state index contributed by atoms with van der Waals surface area (Å²) in [5.74, 6) is -4.15. The number of sulfone groups is 1. The number of hydrogen-bond acceptors (Lipinski definition) is 4. The molecule has 0 saturated heterocycles. The molecule has 0 atom stereocenters. The van der Waals surface area contributed by atoms with Crippen molar-refractivity contribution in [3.05, 3.63) is 54.0 Å². The number of fused-ring (bicyclic) bond motifs is 1. The average molecular weight is 404 g/mol. The van der Waals surface area contributed by atoms with Crippen LogP contribution in [0.1, 0.15) is 0 Å². The molecule has 0 aliphatic rings. The molecule has 0 aliphatic carbocycles. The summed E-state index contributed by atoms with van der Waals surface area (Å²) in [6.07, 6.45) is 2.08. The highest BCUT2D eigenvalue weighted by atomic mass is 32.2. The first-order chi connectivity index (χ1) is 12.0. The molecule has 11 heteroatoms. The maximum atomic E-state index is 13.7. The number of nitrogens with one attached hydrogen (secondary N) is 2. The molecular formula is C15H11F3N2O4S2. The van der Waals surface area contributed by atoms with Gasteiger partial charge in [0.15, 0.2) is 21.5 Å². The number of H-pyrrole nitrogens is 1. The molecule has 0 bridgehead atoms. The summed E-state index contributed by atoms with van der Waals surface area (Å²) in [4.78, 5) is 2.29. The van der Waals surface area contributed by atoms with Gasteiger partial charge in [0.2, 0.25) is 0 Å². The minimum atomic E-state index is -4.36. The van der Waals surface area contributed by atoms with E-state index in [9.17, 15) is 30.0 Å². The smallest absolute Gasteiger partial charge is 0.264 e. The summed E-state index contributed by atoms with van der Waals surface area (Å²) in [6.45, 7) is 0. The van der Waals surface area contributed by atoms with E-state index in [1.165, 1.54) is 18.2 Å². The van der Waals surface area contributed by atoms with Crippen LogP contribution in [0.15, 0.2) is 46.3 Å². The van der Waals surface area contributed by atoms with Gasteiger partial charge < -0.3 is 4.98 Å². The molecule has 6 nitrogen and oxygen atoms in total. The molecule has 0 saturated carbocycles. The standard InChI is InChI=1S/C15H11F3N2O4S2/c1-25(21,22)8-2-3-9-13(4-8)19-7-15(9)26(23,24)20-14-6-11(17)10(16)5-12(14)18/h2-7,19-20H,1H3. The van der Waals surface area contributed by atoms with Crippen molar-refractivity contribution in [2.45, 2.75) is 9.79 Å². The van der Waals surface area contributed by atoms with Crippen LogP contribution in [0.3, 0.4) is 0 Å². The highest BCUT2D eigenvalue weighted by molar-refractivity contribution is 7.93. The zero-order valence-corrected chi connectivity index (χ0v) is 14.7. The van der Waals surface area contributed by atoms with Crippen LogP contribution < -0.4 is 4.72 Å². The molecule has 138 valence electrons. The lowest BCUT2D eigenvalue weighted by molar-refractivity contribution is 0.496. The Kier molecular flexibility index (Phi) is 4.23. The first kappa shape index (κ1) is 18.3. The molecule has 0 aliphatic heterocycles. The first-order valence-corrected chi connectivity index (χ1v) is 10.3. The van der Waals surface area contributed by atoms with Gasteiger partial charge in [0.1, 0.15) is 10.7 Å². The van der Waals surface area contributed by atoms with Gasteiger partial charge in [0.05, 0.1) is 10.6 Å². The van der Waals surface area contributed by atoms with Gasteiger partial charge in [-0.05, 0) is 12.1 Å². The molecule has 1 aromatic heterocycles. The van der Waals surface area contributed by atoms with E-state index < -0.39 is 43.0 Å². The highest BCUT2D eigenvalue weighted by Gasteiger charge is 2.22. The average Bonchev–Trinajstić information content (AvgIpc) is 2.95. The van der Waals surface area contributed by atoms with Gasteiger partial charge >= 0.3 is 0 Å². The largest absolute Gasteiger partial charge is 0.360 e. The van der Waals surface area contributed by atoms with E-state index in [0.717, 1.165) is 12.5 Å². The molecule has 0 fully saturated rings. The lowest BCUT2D eigenvalue weighted by Gasteiger charge is -2.09. The molecule has 0 spiro atoms. The van der Waals surface area contributed by atoms with Crippen molar-refractivity contribution < 1.29 is 30.0 Å². The summed E-state index contributed by atoms with van der Waals surface area (Å²) >= 11 is 0. The third-order valence-electron chi connectivity index (χ3n) is 3.59. The molecule has 26 heavy (non-hydrogen) atoms. The molecular weight excluding hydrogens is 393 g/mol. The maximum absolute atomic E-state index is 13.7. The molecule has 3 rings (SSSR count).